The van der Waals surface area contributed by atoms with Gasteiger partial charge in [-0.15, -0.1) is 0 Å². The molecular formula is C20H32O5. The molecule has 0 aliphatic carbocycles. The molecule has 0 aromatic carbocycles. The maximum atomic E-state index is 10.4. The maximum absolute atomic E-state index is 10.4. The largest absolute Gasteiger partial charge is 0.481 e. The van der Waals surface area contributed by atoms with Crippen LogP contribution < -0.4 is 0 Å². The van der Waals surface area contributed by atoms with E-state index in [4.69, 9.17) is 5.11 Å². The highest BCUT2D eigenvalue weighted by Gasteiger charge is 2.01. The summed E-state index contributed by atoms with van der Waals surface area (Å²) in [6, 6.07) is 0. The minimum Gasteiger partial charge on any atom is -0.481 e. The zero-order valence-corrected chi connectivity index (χ0v) is 15.0. The fourth-order valence-electron chi connectivity index (χ4n) is 1.98. The number of hydrogen-bond acceptors (Lipinski definition) is 4. The summed E-state index contributed by atoms with van der Waals surface area (Å²) < 4.78 is 0. The van der Waals surface area contributed by atoms with Crippen LogP contribution in [0.15, 0.2) is 48.6 Å². The lowest BCUT2D eigenvalue weighted by Crippen LogP contribution is -2.04. The normalized spacial score (nSPS) is 16.3. The number of allylic oxidation sites excluding steroid dienone is 5. The van der Waals surface area contributed by atoms with E-state index in [0.29, 0.717) is 32.1 Å². The molecule has 0 amide bonds. The Bertz CT molecular complexity index is 451. The molecule has 5 heteroatoms. The molecular weight excluding hydrogens is 320 g/mol. The summed E-state index contributed by atoms with van der Waals surface area (Å²) >= 11 is 0. The third-order valence-corrected chi connectivity index (χ3v) is 3.54. The maximum Gasteiger partial charge on any atom is 0.303 e. The van der Waals surface area contributed by atoms with Crippen molar-refractivity contribution in [2.45, 2.75) is 70.2 Å². The van der Waals surface area contributed by atoms with Gasteiger partial charge in [0, 0.05) is 6.42 Å². The van der Waals surface area contributed by atoms with Gasteiger partial charge in [-0.3, -0.25) is 4.79 Å². The van der Waals surface area contributed by atoms with Gasteiger partial charge in [-0.1, -0.05) is 55.5 Å². The second kappa shape index (κ2) is 15.8. The fraction of sp³-hybridized carbons (Fsp3) is 0.550. The molecule has 0 aliphatic heterocycles. The lowest BCUT2D eigenvalue weighted by Gasteiger charge is -2.04. The Kier molecular flexibility index (Phi) is 14.7. The van der Waals surface area contributed by atoms with Crippen LogP contribution in [-0.4, -0.2) is 44.7 Å². The van der Waals surface area contributed by atoms with Crippen molar-refractivity contribution >= 4 is 5.97 Å². The molecule has 0 radical (unpaired) electrons. The fourth-order valence-corrected chi connectivity index (χ4v) is 1.98. The quantitative estimate of drug-likeness (QED) is 0.360. The smallest absolute Gasteiger partial charge is 0.303 e. The van der Waals surface area contributed by atoms with Gasteiger partial charge >= 0.3 is 5.97 Å². The van der Waals surface area contributed by atoms with Gasteiger partial charge in [0.2, 0.25) is 0 Å². The molecule has 1 unspecified atom stereocenters. The lowest BCUT2D eigenvalue weighted by molar-refractivity contribution is -0.137. The predicted octanol–water partition coefficient (Wildman–Crippen LogP) is 3.13. The first-order chi connectivity index (χ1) is 12.0. The molecule has 25 heavy (non-hydrogen) atoms. The second-order valence-corrected chi connectivity index (χ2v) is 5.92. The van der Waals surface area contributed by atoms with Crippen molar-refractivity contribution in [3.05, 3.63) is 48.6 Å². The van der Waals surface area contributed by atoms with Crippen molar-refractivity contribution in [3.8, 4) is 0 Å². The summed E-state index contributed by atoms with van der Waals surface area (Å²) in [5, 5.41) is 37.3. The van der Waals surface area contributed by atoms with Crippen molar-refractivity contribution in [1.29, 1.82) is 0 Å². The summed E-state index contributed by atoms with van der Waals surface area (Å²) in [6.45, 7) is 1.91. The number of carboxylic acids is 1. The van der Waals surface area contributed by atoms with Crippen LogP contribution in [0.25, 0.3) is 0 Å². The zero-order chi connectivity index (χ0) is 18.9. The van der Waals surface area contributed by atoms with Crippen LogP contribution in [0.4, 0.5) is 0 Å². The number of aliphatic carboxylic acids is 1. The van der Waals surface area contributed by atoms with Gasteiger partial charge in [0.15, 0.2) is 0 Å². The van der Waals surface area contributed by atoms with Crippen LogP contribution in [0.5, 0.6) is 0 Å². The highest BCUT2D eigenvalue weighted by Crippen LogP contribution is 2.05. The lowest BCUT2D eigenvalue weighted by atomic mass is 10.1. The number of hydrogen-bond donors (Lipinski definition) is 4. The molecule has 0 spiro atoms. The average Bonchev–Trinajstić information content (AvgIpc) is 2.57. The Morgan fingerprint density at radius 3 is 2.20 bits per heavy atom. The third kappa shape index (κ3) is 16.9. The monoisotopic (exact) mass is 352 g/mol. The Labute approximate surface area is 150 Å². The van der Waals surface area contributed by atoms with Gasteiger partial charge in [-0.2, -0.15) is 0 Å². The van der Waals surface area contributed by atoms with Gasteiger partial charge in [0.1, 0.15) is 0 Å². The molecule has 5 nitrogen and oxygen atoms in total. The Balaban J connectivity index is 3.78. The SMILES string of the molecule is CC[C@H](O)/C=C/C=C\CC(O)CC/C=C/C=C\[C@@H](O)CCCC(=O)O. The van der Waals surface area contributed by atoms with E-state index in [-0.39, 0.29) is 6.42 Å². The standard InChI is InChI=1S/C20H32O5/c1-2-17(21)11-8-5-9-14-18(22)12-6-3-4-7-13-19(23)15-10-16-20(24)25/h3-5,7-9,11,13,17-19,21-23H,2,6,10,12,14-16H2,1H3,(H,24,25)/b4-3+,9-5-,11-8+,13-7-/t17-,18?,19+/m0/s1. The molecule has 0 saturated carbocycles. The predicted molar refractivity (Wildman–Crippen MR) is 100 cm³/mol. The Hall–Kier alpha value is -1.69. The first-order valence-corrected chi connectivity index (χ1v) is 8.88. The van der Waals surface area contributed by atoms with Crippen molar-refractivity contribution < 1.29 is 25.2 Å². The van der Waals surface area contributed by atoms with E-state index in [1.807, 2.05) is 31.2 Å². The first kappa shape index (κ1) is 23.3. The molecule has 0 bridgehead atoms. The number of aliphatic hydroxyl groups excluding tert-OH is 3. The van der Waals surface area contributed by atoms with E-state index in [9.17, 15) is 20.1 Å². The number of rotatable bonds is 14. The first-order valence-electron chi connectivity index (χ1n) is 8.88. The minimum atomic E-state index is -0.848. The molecule has 4 N–H and O–H groups in total. The van der Waals surface area contributed by atoms with E-state index >= 15 is 0 Å². The van der Waals surface area contributed by atoms with Crippen LogP contribution in [0.1, 0.15) is 51.9 Å². The summed E-state index contributed by atoms with van der Waals surface area (Å²) in [6.07, 6.45) is 16.5. The van der Waals surface area contributed by atoms with Crippen molar-refractivity contribution in [2.24, 2.45) is 0 Å². The van der Waals surface area contributed by atoms with Crippen molar-refractivity contribution in [3.63, 3.8) is 0 Å². The van der Waals surface area contributed by atoms with E-state index in [1.54, 1.807) is 24.3 Å². The van der Waals surface area contributed by atoms with E-state index in [2.05, 4.69) is 0 Å². The number of carboxylic acid groups (broad SMARTS) is 1. The summed E-state index contributed by atoms with van der Waals surface area (Å²) in [5.74, 6) is -0.848. The van der Waals surface area contributed by atoms with Gasteiger partial charge in [-0.25, -0.2) is 0 Å². The van der Waals surface area contributed by atoms with E-state index in [1.165, 1.54) is 0 Å². The third-order valence-electron chi connectivity index (χ3n) is 3.54. The summed E-state index contributed by atoms with van der Waals surface area (Å²) in [7, 11) is 0. The summed E-state index contributed by atoms with van der Waals surface area (Å²) in [5.41, 5.74) is 0. The molecule has 0 saturated heterocycles. The highest BCUT2D eigenvalue weighted by atomic mass is 16.4. The molecule has 3 atom stereocenters. The van der Waals surface area contributed by atoms with E-state index in [0.717, 1.165) is 6.42 Å². The zero-order valence-electron chi connectivity index (χ0n) is 15.0. The van der Waals surface area contributed by atoms with Crippen LogP contribution in [0.3, 0.4) is 0 Å². The van der Waals surface area contributed by atoms with Crippen LogP contribution in [0.2, 0.25) is 0 Å². The second-order valence-electron chi connectivity index (χ2n) is 5.92. The number of aliphatic hydroxyl groups is 3. The van der Waals surface area contributed by atoms with Crippen LogP contribution in [-0.2, 0) is 4.79 Å². The van der Waals surface area contributed by atoms with Crippen LogP contribution in [0, 0.1) is 0 Å². The topological polar surface area (TPSA) is 98.0 Å². The van der Waals surface area contributed by atoms with E-state index < -0.39 is 24.3 Å². The molecule has 0 aromatic heterocycles. The minimum absolute atomic E-state index is 0.0715. The molecule has 0 rings (SSSR count). The molecule has 0 aromatic rings. The molecule has 142 valence electrons. The number of carbonyl (C=O) groups is 1. The van der Waals surface area contributed by atoms with Gasteiger partial charge < -0.3 is 20.4 Å². The van der Waals surface area contributed by atoms with Crippen molar-refractivity contribution in [2.75, 3.05) is 0 Å². The van der Waals surface area contributed by atoms with Gasteiger partial charge in [-0.05, 0) is 38.5 Å². The van der Waals surface area contributed by atoms with Crippen molar-refractivity contribution in [1.82, 2.24) is 0 Å². The van der Waals surface area contributed by atoms with Gasteiger partial charge in [0.25, 0.3) is 0 Å². The Morgan fingerprint density at radius 1 is 0.920 bits per heavy atom. The molecule has 0 heterocycles. The summed E-state index contributed by atoms with van der Waals surface area (Å²) in [4.78, 5) is 10.4. The Morgan fingerprint density at radius 2 is 1.56 bits per heavy atom. The molecule has 0 fully saturated rings. The molecule has 0 aliphatic rings. The van der Waals surface area contributed by atoms with Gasteiger partial charge in [0.05, 0.1) is 18.3 Å². The van der Waals surface area contributed by atoms with Crippen LogP contribution >= 0.6 is 0 Å². The average molecular weight is 352 g/mol. The highest BCUT2D eigenvalue weighted by molar-refractivity contribution is 5.66.